The summed E-state index contributed by atoms with van der Waals surface area (Å²) in [5, 5.41) is 12.0. The van der Waals surface area contributed by atoms with Crippen LogP contribution in [0.15, 0.2) is 0 Å². The molecule has 0 bridgehead atoms. The summed E-state index contributed by atoms with van der Waals surface area (Å²) < 4.78 is 5.31. The van der Waals surface area contributed by atoms with Gasteiger partial charge in [-0.15, -0.1) is 6.42 Å². The van der Waals surface area contributed by atoms with Crippen LogP contribution >= 0.6 is 0 Å². The molecule has 0 spiro atoms. The topological polar surface area (TPSA) is 78.9 Å². The number of carbonyl (C=O) groups is 2. The third-order valence-electron chi connectivity index (χ3n) is 2.97. The number of carboxylic acids is 1. The molecule has 0 aromatic heterocycles. The highest BCUT2D eigenvalue weighted by Crippen LogP contribution is 2.16. The molecule has 2 unspecified atom stereocenters. The number of hydrogen-bond donors (Lipinski definition) is 2. The lowest BCUT2D eigenvalue weighted by atomic mass is 10.0. The van der Waals surface area contributed by atoms with Crippen molar-refractivity contribution in [1.29, 1.82) is 0 Å². The van der Waals surface area contributed by atoms with E-state index in [-0.39, 0.29) is 31.0 Å². The van der Waals surface area contributed by atoms with Gasteiger partial charge in [-0.05, 0) is 13.0 Å². The Hall–Kier alpha value is -1.58. The molecule has 106 valence electrons. The fourth-order valence-electron chi connectivity index (χ4n) is 2.05. The Morgan fingerprint density at radius 1 is 1.53 bits per heavy atom. The van der Waals surface area contributed by atoms with Gasteiger partial charge in [-0.3, -0.25) is 9.59 Å². The van der Waals surface area contributed by atoms with E-state index in [1.165, 1.54) is 4.90 Å². The number of aliphatic carboxylic acids is 1. The quantitative estimate of drug-likeness (QED) is 0.611. The number of nitrogens with one attached hydrogen (secondary N) is 1. The summed E-state index contributed by atoms with van der Waals surface area (Å²) in [4.78, 5) is 24.2. The van der Waals surface area contributed by atoms with E-state index in [1.54, 1.807) is 0 Å². The molecular weight excluding hydrogens is 248 g/mol. The first-order valence-corrected chi connectivity index (χ1v) is 6.35. The maximum absolute atomic E-state index is 12.3. The van der Waals surface area contributed by atoms with Crippen LogP contribution in [0.3, 0.4) is 0 Å². The predicted octanol–water partition coefficient (Wildman–Crippen LogP) is -0.453. The Labute approximate surface area is 113 Å². The average Bonchev–Trinajstić information content (AvgIpc) is 2.82. The summed E-state index contributed by atoms with van der Waals surface area (Å²) >= 11 is 0. The van der Waals surface area contributed by atoms with Gasteiger partial charge >= 0.3 is 5.97 Å². The summed E-state index contributed by atoms with van der Waals surface area (Å²) in [5.74, 6) is 0.627. The number of rotatable bonds is 7. The van der Waals surface area contributed by atoms with Crippen molar-refractivity contribution in [2.75, 3.05) is 32.8 Å². The third kappa shape index (κ3) is 4.54. The van der Waals surface area contributed by atoms with E-state index in [4.69, 9.17) is 16.3 Å². The third-order valence-corrected chi connectivity index (χ3v) is 2.97. The SMILES string of the molecule is C#CCN(CC(=O)O)C(=O)C1COCC1NCCC. The number of terminal acetylenes is 1. The van der Waals surface area contributed by atoms with E-state index < -0.39 is 5.97 Å². The molecule has 1 fully saturated rings. The van der Waals surface area contributed by atoms with Gasteiger partial charge in [0.1, 0.15) is 6.54 Å². The van der Waals surface area contributed by atoms with Crippen LogP contribution in [0.1, 0.15) is 13.3 Å². The van der Waals surface area contributed by atoms with Gasteiger partial charge < -0.3 is 20.1 Å². The van der Waals surface area contributed by atoms with Gasteiger partial charge in [0.05, 0.1) is 25.7 Å². The number of nitrogens with zero attached hydrogens (tertiary/aromatic N) is 1. The molecule has 1 aliphatic rings. The molecule has 0 saturated carbocycles. The molecule has 6 nitrogen and oxygen atoms in total. The second kappa shape index (κ2) is 7.77. The number of carbonyl (C=O) groups excluding carboxylic acids is 1. The normalized spacial score (nSPS) is 21.9. The molecule has 6 heteroatoms. The fourth-order valence-corrected chi connectivity index (χ4v) is 2.05. The van der Waals surface area contributed by atoms with Crippen molar-refractivity contribution in [2.24, 2.45) is 5.92 Å². The van der Waals surface area contributed by atoms with Crippen LogP contribution in [0.5, 0.6) is 0 Å². The van der Waals surface area contributed by atoms with E-state index >= 15 is 0 Å². The lowest BCUT2D eigenvalue weighted by Gasteiger charge is -2.25. The Morgan fingerprint density at radius 3 is 2.84 bits per heavy atom. The minimum Gasteiger partial charge on any atom is -0.480 e. The minimum absolute atomic E-state index is 0.00211. The molecule has 1 rings (SSSR count). The van der Waals surface area contributed by atoms with Gasteiger partial charge in [0.15, 0.2) is 0 Å². The summed E-state index contributed by atoms with van der Waals surface area (Å²) in [6.45, 7) is 3.23. The minimum atomic E-state index is -1.07. The van der Waals surface area contributed by atoms with E-state index in [1.807, 2.05) is 6.92 Å². The maximum Gasteiger partial charge on any atom is 0.323 e. The lowest BCUT2D eigenvalue weighted by Crippen LogP contribution is -2.47. The van der Waals surface area contributed by atoms with Crippen LogP contribution in [-0.4, -0.2) is 60.8 Å². The summed E-state index contributed by atoms with van der Waals surface area (Å²) in [6, 6.07) is -0.0680. The Bertz CT molecular complexity index is 364. The zero-order valence-electron chi connectivity index (χ0n) is 11.1. The Balaban J connectivity index is 2.66. The maximum atomic E-state index is 12.3. The van der Waals surface area contributed by atoms with E-state index in [9.17, 15) is 9.59 Å². The summed E-state index contributed by atoms with van der Waals surface area (Å²) in [6.07, 6.45) is 6.13. The molecule has 2 N–H and O–H groups in total. The van der Waals surface area contributed by atoms with Gasteiger partial charge in [-0.2, -0.15) is 0 Å². The van der Waals surface area contributed by atoms with Gasteiger partial charge in [0, 0.05) is 6.04 Å². The molecule has 0 radical (unpaired) electrons. The summed E-state index contributed by atoms with van der Waals surface area (Å²) in [7, 11) is 0. The van der Waals surface area contributed by atoms with Gasteiger partial charge in [0.2, 0.25) is 5.91 Å². The van der Waals surface area contributed by atoms with Crippen LogP contribution in [-0.2, 0) is 14.3 Å². The van der Waals surface area contributed by atoms with Crippen LogP contribution in [0.2, 0.25) is 0 Å². The summed E-state index contributed by atoms with van der Waals surface area (Å²) in [5.41, 5.74) is 0. The second-order valence-electron chi connectivity index (χ2n) is 4.50. The Morgan fingerprint density at radius 2 is 2.26 bits per heavy atom. The van der Waals surface area contributed by atoms with Crippen molar-refractivity contribution in [2.45, 2.75) is 19.4 Å². The highest BCUT2D eigenvalue weighted by atomic mass is 16.5. The van der Waals surface area contributed by atoms with Gasteiger partial charge in [0.25, 0.3) is 0 Å². The van der Waals surface area contributed by atoms with Crippen LogP contribution in [0, 0.1) is 18.3 Å². The average molecular weight is 268 g/mol. The van der Waals surface area contributed by atoms with Crippen LogP contribution in [0.4, 0.5) is 0 Å². The molecule has 0 aromatic carbocycles. The molecule has 1 saturated heterocycles. The second-order valence-corrected chi connectivity index (χ2v) is 4.50. The van der Waals surface area contributed by atoms with Crippen molar-refractivity contribution < 1.29 is 19.4 Å². The largest absolute Gasteiger partial charge is 0.480 e. The zero-order valence-corrected chi connectivity index (χ0v) is 11.1. The van der Waals surface area contributed by atoms with Gasteiger partial charge in [-0.25, -0.2) is 0 Å². The van der Waals surface area contributed by atoms with Crippen molar-refractivity contribution in [3.8, 4) is 12.3 Å². The van der Waals surface area contributed by atoms with Crippen LogP contribution in [0.25, 0.3) is 0 Å². The van der Waals surface area contributed by atoms with E-state index in [0.717, 1.165) is 13.0 Å². The predicted molar refractivity (Wildman–Crippen MR) is 69.4 cm³/mol. The first-order chi connectivity index (χ1) is 9.10. The van der Waals surface area contributed by atoms with E-state index in [2.05, 4.69) is 11.2 Å². The highest BCUT2D eigenvalue weighted by molar-refractivity contribution is 5.84. The molecule has 0 aliphatic carbocycles. The van der Waals surface area contributed by atoms with E-state index in [0.29, 0.717) is 13.2 Å². The molecule has 2 atom stereocenters. The highest BCUT2D eigenvalue weighted by Gasteiger charge is 2.36. The number of hydrogen-bond acceptors (Lipinski definition) is 4. The molecule has 1 aliphatic heterocycles. The molecule has 1 heterocycles. The molecule has 0 aromatic rings. The zero-order chi connectivity index (χ0) is 14.3. The number of ether oxygens (including phenoxy) is 1. The Kier molecular flexibility index (Phi) is 6.33. The first kappa shape index (κ1) is 15.5. The fraction of sp³-hybridized carbons (Fsp3) is 0.692. The molecule has 19 heavy (non-hydrogen) atoms. The smallest absolute Gasteiger partial charge is 0.323 e. The number of carboxylic acid groups (broad SMARTS) is 1. The first-order valence-electron chi connectivity index (χ1n) is 6.35. The van der Waals surface area contributed by atoms with Crippen molar-refractivity contribution >= 4 is 11.9 Å². The van der Waals surface area contributed by atoms with Crippen molar-refractivity contribution in [3.05, 3.63) is 0 Å². The monoisotopic (exact) mass is 268 g/mol. The number of amides is 1. The molecular formula is C13H20N2O4. The van der Waals surface area contributed by atoms with Gasteiger partial charge in [-0.1, -0.05) is 12.8 Å². The molecule has 1 amide bonds. The lowest BCUT2D eigenvalue weighted by molar-refractivity contribution is -0.146. The van der Waals surface area contributed by atoms with Crippen molar-refractivity contribution in [1.82, 2.24) is 10.2 Å². The van der Waals surface area contributed by atoms with Crippen molar-refractivity contribution in [3.63, 3.8) is 0 Å². The van der Waals surface area contributed by atoms with Crippen LogP contribution < -0.4 is 5.32 Å². The standard InChI is InChI=1S/C13H20N2O4/c1-3-5-14-11-9-19-8-10(11)13(18)15(6-4-2)7-12(16)17/h2,10-11,14H,3,5-9H2,1H3,(H,16,17).